The number of hydrogen-bond donors (Lipinski definition) is 2. The van der Waals surface area contributed by atoms with Crippen LogP contribution in [0.2, 0.25) is 0 Å². The van der Waals surface area contributed by atoms with Gasteiger partial charge in [-0.3, -0.25) is 0 Å². The zero-order chi connectivity index (χ0) is 18.5. The van der Waals surface area contributed by atoms with Crippen molar-refractivity contribution in [2.24, 2.45) is 10.7 Å². The van der Waals surface area contributed by atoms with Gasteiger partial charge in [-0.15, -0.1) is 24.0 Å². The highest BCUT2D eigenvalue weighted by Crippen LogP contribution is 2.27. The maximum atomic E-state index is 12.6. The van der Waals surface area contributed by atoms with Crippen molar-refractivity contribution >= 4 is 35.6 Å². The second kappa shape index (κ2) is 9.72. The molecule has 0 saturated heterocycles. The molecule has 0 atom stereocenters. The first-order valence-corrected chi connectivity index (χ1v) is 8.35. The van der Waals surface area contributed by atoms with Crippen LogP contribution in [0.15, 0.2) is 41.4 Å². The van der Waals surface area contributed by atoms with Crippen molar-refractivity contribution < 1.29 is 18.3 Å². The third kappa shape index (κ3) is 5.69. The van der Waals surface area contributed by atoms with Crippen LogP contribution >= 0.6 is 24.0 Å². The molecule has 3 rings (SSSR count). The van der Waals surface area contributed by atoms with Gasteiger partial charge >= 0.3 is 6.61 Å². The summed E-state index contributed by atoms with van der Waals surface area (Å²) in [7, 11) is 1.50. The fourth-order valence-electron chi connectivity index (χ4n) is 3.02. The molecule has 0 heterocycles. The predicted octanol–water partition coefficient (Wildman–Crippen LogP) is 4.33. The Hall–Kier alpha value is -2.10. The van der Waals surface area contributed by atoms with Crippen LogP contribution in [0.4, 0.5) is 14.5 Å². The van der Waals surface area contributed by atoms with Crippen LogP contribution in [0.3, 0.4) is 0 Å². The summed E-state index contributed by atoms with van der Waals surface area (Å²) in [4.78, 5) is 4.23. The molecule has 0 unspecified atom stereocenters. The lowest BCUT2D eigenvalue weighted by Gasteiger charge is -2.12. The Morgan fingerprint density at radius 1 is 1.19 bits per heavy atom. The van der Waals surface area contributed by atoms with Crippen molar-refractivity contribution in [2.75, 3.05) is 12.4 Å². The number of ether oxygens (including phenoxy) is 2. The van der Waals surface area contributed by atoms with Gasteiger partial charge < -0.3 is 20.5 Å². The molecule has 0 spiro atoms. The van der Waals surface area contributed by atoms with Gasteiger partial charge in [0.1, 0.15) is 11.5 Å². The minimum atomic E-state index is -2.91. The van der Waals surface area contributed by atoms with Gasteiger partial charge in [-0.25, -0.2) is 4.99 Å². The van der Waals surface area contributed by atoms with Gasteiger partial charge in [0.25, 0.3) is 0 Å². The van der Waals surface area contributed by atoms with Gasteiger partial charge in [-0.2, -0.15) is 8.78 Å². The zero-order valence-corrected chi connectivity index (χ0v) is 17.2. The standard InChI is InChI=1S/C19H21F2N3O2.HI/c1-25-16-7-8-17(26-18(20)21)14(10-16)11-23-19(22)24-15-6-5-12-3-2-4-13(12)9-15;/h5-10,18H,2-4,11H2,1H3,(H3,22,23,24);1H. The number of nitrogens with one attached hydrogen (secondary N) is 1. The lowest BCUT2D eigenvalue weighted by Crippen LogP contribution is -2.22. The first kappa shape index (κ1) is 21.2. The summed E-state index contributed by atoms with van der Waals surface area (Å²) in [6.45, 7) is -2.82. The quantitative estimate of drug-likeness (QED) is 0.360. The second-order valence-electron chi connectivity index (χ2n) is 6.02. The van der Waals surface area contributed by atoms with Crippen molar-refractivity contribution in [3.8, 4) is 11.5 Å². The van der Waals surface area contributed by atoms with Crippen LogP contribution in [-0.2, 0) is 19.4 Å². The molecule has 0 aliphatic heterocycles. The molecule has 0 bridgehead atoms. The van der Waals surface area contributed by atoms with Crippen LogP contribution in [0, 0.1) is 0 Å². The maximum Gasteiger partial charge on any atom is 0.387 e. The molecule has 0 radical (unpaired) electrons. The molecular weight excluding hydrogens is 467 g/mol. The lowest BCUT2D eigenvalue weighted by atomic mass is 10.1. The number of benzene rings is 2. The third-order valence-corrected chi connectivity index (χ3v) is 4.27. The molecule has 27 heavy (non-hydrogen) atoms. The highest BCUT2D eigenvalue weighted by Gasteiger charge is 2.12. The van der Waals surface area contributed by atoms with E-state index >= 15 is 0 Å². The summed E-state index contributed by atoms with van der Waals surface area (Å²) in [6.07, 6.45) is 3.35. The number of nitrogens with zero attached hydrogens (tertiary/aromatic N) is 1. The number of hydrogen-bond acceptors (Lipinski definition) is 3. The van der Waals surface area contributed by atoms with E-state index in [1.165, 1.54) is 30.7 Å². The minimum Gasteiger partial charge on any atom is -0.497 e. The number of rotatable bonds is 6. The summed E-state index contributed by atoms with van der Waals surface area (Å²) < 4.78 is 34.8. The van der Waals surface area contributed by atoms with Crippen molar-refractivity contribution in [1.29, 1.82) is 0 Å². The minimum absolute atomic E-state index is 0. The number of halogens is 3. The van der Waals surface area contributed by atoms with Crippen LogP contribution in [0.5, 0.6) is 11.5 Å². The number of nitrogens with two attached hydrogens (primary N) is 1. The smallest absolute Gasteiger partial charge is 0.387 e. The zero-order valence-electron chi connectivity index (χ0n) is 14.9. The van der Waals surface area contributed by atoms with Gasteiger partial charge in [-0.05, 0) is 60.7 Å². The molecule has 0 fully saturated rings. The number of methoxy groups -OCH3 is 1. The van der Waals surface area contributed by atoms with E-state index in [1.807, 2.05) is 6.07 Å². The molecule has 0 saturated carbocycles. The number of aryl methyl sites for hydroxylation is 2. The monoisotopic (exact) mass is 489 g/mol. The predicted molar refractivity (Wildman–Crippen MR) is 112 cm³/mol. The fourth-order valence-corrected chi connectivity index (χ4v) is 3.02. The summed E-state index contributed by atoms with van der Waals surface area (Å²) in [5.74, 6) is 0.783. The SMILES string of the molecule is COc1ccc(OC(F)F)c(CN=C(N)Nc2ccc3c(c2)CCC3)c1.I. The molecule has 1 aliphatic carbocycles. The molecule has 8 heteroatoms. The normalized spacial score (nSPS) is 13.1. The molecule has 146 valence electrons. The number of alkyl halides is 2. The largest absolute Gasteiger partial charge is 0.497 e. The summed E-state index contributed by atoms with van der Waals surface area (Å²) >= 11 is 0. The third-order valence-electron chi connectivity index (χ3n) is 4.27. The van der Waals surface area contributed by atoms with Crippen LogP contribution in [0.1, 0.15) is 23.1 Å². The van der Waals surface area contributed by atoms with E-state index in [9.17, 15) is 8.78 Å². The Morgan fingerprint density at radius 2 is 1.96 bits per heavy atom. The Bertz CT molecular complexity index is 816. The average Bonchev–Trinajstić information content (AvgIpc) is 3.08. The molecule has 2 aromatic rings. The average molecular weight is 489 g/mol. The van der Waals surface area contributed by atoms with Gasteiger partial charge in [0, 0.05) is 11.3 Å². The van der Waals surface area contributed by atoms with Crippen molar-refractivity contribution in [3.63, 3.8) is 0 Å². The summed E-state index contributed by atoms with van der Waals surface area (Å²) in [5, 5.41) is 3.04. The van der Waals surface area contributed by atoms with Crippen LogP contribution in [-0.4, -0.2) is 19.7 Å². The van der Waals surface area contributed by atoms with E-state index in [0.717, 1.165) is 18.5 Å². The number of anilines is 1. The lowest BCUT2D eigenvalue weighted by molar-refractivity contribution is -0.0504. The highest BCUT2D eigenvalue weighted by molar-refractivity contribution is 14.0. The Balaban J connectivity index is 0.00000261. The van der Waals surface area contributed by atoms with E-state index in [4.69, 9.17) is 10.5 Å². The molecule has 1 aliphatic rings. The number of aliphatic imine (C=N–C) groups is 1. The van der Waals surface area contributed by atoms with E-state index < -0.39 is 6.61 Å². The van der Waals surface area contributed by atoms with Gasteiger partial charge in [-0.1, -0.05) is 6.07 Å². The maximum absolute atomic E-state index is 12.6. The molecule has 0 aromatic heterocycles. The van der Waals surface area contributed by atoms with Gasteiger partial charge in [0.15, 0.2) is 5.96 Å². The van der Waals surface area contributed by atoms with Crippen LogP contribution in [0.25, 0.3) is 0 Å². The Morgan fingerprint density at radius 3 is 2.70 bits per heavy atom. The fraction of sp³-hybridized carbons (Fsp3) is 0.316. The van der Waals surface area contributed by atoms with Crippen molar-refractivity contribution in [3.05, 3.63) is 53.1 Å². The van der Waals surface area contributed by atoms with E-state index in [2.05, 4.69) is 27.2 Å². The van der Waals surface area contributed by atoms with Gasteiger partial charge in [0.2, 0.25) is 0 Å². The second-order valence-corrected chi connectivity index (χ2v) is 6.02. The molecule has 2 aromatic carbocycles. The van der Waals surface area contributed by atoms with Crippen molar-refractivity contribution in [2.45, 2.75) is 32.4 Å². The van der Waals surface area contributed by atoms with E-state index in [0.29, 0.717) is 11.3 Å². The summed E-state index contributed by atoms with van der Waals surface area (Å²) in [6, 6.07) is 10.7. The topological polar surface area (TPSA) is 68.9 Å². The Kier molecular flexibility index (Phi) is 7.64. The molecule has 0 amide bonds. The highest BCUT2D eigenvalue weighted by atomic mass is 127. The van der Waals surface area contributed by atoms with E-state index in [-0.39, 0.29) is 42.2 Å². The first-order chi connectivity index (χ1) is 12.5. The van der Waals surface area contributed by atoms with Gasteiger partial charge in [0.05, 0.1) is 13.7 Å². The van der Waals surface area contributed by atoms with Crippen LogP contribution < -0.4 is 20.5 Å². The molecular formula is C19H22F2IN3O2. The Labute approximate surface area is 174 Å². The summed E-state index contributed by atoms with van der Waals surface area (Å²) in [5.41, 5.74) is 9.96. The number of fused-ring (bicyclic) bond motifs is 1. The number of guanidine groups is 1. The molecule has 5 nitrogen and oxygen atoms in total. The van der Waals surface area contributed by atoms with Crippen molar-refractivity contribution in [1.82, 2.24) is 0 Å². The van der Waals surface area contributed by atoms with E-state index in [1.54, 1.807) is 12.1 Å². The molecule has 3 N–H and O–H groups in total. The first-order valence-electron chi connectivity index (χ1n) is 8.35.